The largest absolute Gasteiger partial charge is 0.458 e. The number of para-hydroxylation sites is 1. The van der Waals surface area contributed by atoms with Gasteiger partial charge in [0.2, 0.25) is 0 Å². The van der Waals surface area contributed by atoms with Gasteiger partial charge in [0.25, 0.3) is 0 Å². The van der Waals surface area contributed by atoms with Crippen LogP contribution in [0.1, 0.15) is 11.3 Å². The zero-order chi connectivity index (χ0) is 17.9. The van der Waals surface area contributed by atoms with Crippen LogP contribution >= 0.6 is 0 Å². The van der Waals surface area contributed by atoms with Crippen LogP contribution in [-0.2, 0) is 16.1 Å². The number of furan rings is 1. The summed E-state index contributed by atoms with van der Waals surface area (Å²) in [6.07, 6.45) is 2.96. The molecule has 0 radical (unpaired) electrons. The number of esters is 1. The van der Waals surface area contributed by atoms with Crippen LogP contribution in [0.4, 0.5) is 0 Å². The van der Waals surface area contributed by atoms with Gasteiger partial charge in [0.15, 0.2) is 5.76 Å². The summed E-state index contributed by atoms with van der Waals surface area (Å²) >= 11 is 0. The second-order valence-electron chi connectivity index (χ2n) is 5.86. The van der Waals surface area contributed by atoms with E-state index in [9.17, 15) is 4.79 Å². The second-order valence-corrected chi connectivity index (χ2v) is 5.86. The highest BCUT2D eigenvalue weighted by Gasteiger charge is 2.11. The summed E-state index contributed by atoms with van der Waals surface area (Å²) in [5.74, 6) is -0.107. The molecular weight excluding hydrogens is 328 g/mol. The van der Waals surface area contributed by atoms with Crippen molar-refractivity contribution in [3.8, 4) is 0 Å². The third kappa shape index (κ3) is 3.15. The third-order valence-corrected chi connectivity index (χ3v) is 4.03. The molecule has 26 heavy (non-hydrogen) atoms. The van der Waals surface area contributed by atoms with Gasteiger partial charge < -0.3 is 14.9 Å². The Morgan fingerprint density at radius 1 is 1.12 bits per heavy atom. The summed E-state index contributed by atoms with van der Waals surface area (Å²) in [5, 5.41) is 1.73. The highest BCUT2D eigenvalue weighted by Crippen LogP contribution is 2.28. The standard InChI is InChI=1S/C21H16N2O3/c22-17(11-20(24)25-13-14-6-2-1-3-7-14)19-10-15-12-23-18-9-5-4-8-16(18)21(15)26-19/h1-12H,13,22H2/b17-11-. The normalized spacial score (nSPS) is 11.8. The maximum atomic E-state index is 12.0. The van der Waals surface area contributed by atoms with Gasteiger partial charge in [-0.3, -0.25) is 4.98 Å². The fraction of sp³-hybridized carbons (Fsp3) is 0.0476. The van der Waals surface area contributed by atoms with Crippen molar-refractivity contribution in [3.05, 3.63) is 84.3 Å². The highest BCUT2D eigenvalue weighted by molar-refractivity contribution is 6.03. The average Bonchev–Trinajstić information content (AvgIpc) is 3.12. The summed E-state index contributed by atoms with van der Waals surface area (Å²) in [7, 11) is 0. The van der Waals surface area contributed by atoms with Crippen LogP contribution < -0.4 is 5.73 Å². The summed E-state index contributed by atoms with van der Waals surface area (Å²) in [5.41, 5.74) is 8.67. The molecule has 0 fully saturated rings. The number of pyridine rings is 1. The molecule has 4 rings (SSSR count). The van der Waals surface area contributed by atoms with Gasteiger partial charge in [-0.25, -0.2) is 4.79 Å². The minimum Gasteiger partial charge on any atom is -0.458 e. The Balaban J connectivity index is 1.57. The van der Waals surface area contributed by atoms with E-state index in [1.54, 1.807) is 12.3 Å². The molecule has 2 aromatic carbocycles. The first-order valence-corrected chi connectivity index (χ1v) is 8.16. The van der Waals surface area contributed by atoms with Crippen molar-refractivity contribution in [2.75, 3.05) is 0 Å². The van der Waals surface area contributed by atoms with Gasteiger partial charge >= 0.3 is 5.97 Å². The van der Waals surface area contributed by atoms with E-state index in [-0.39, 0.29) is 12.3 Å². The molecule has 0 aliphatic rings. The summed E-state index contributed by atoms with van der Waals surface area (Å²) in [4.78, 5) is 16.4. The summed E-state index contributed by atoms with van der Waals surface area (Å²) in [6.45, 7) is 0.193. The number of carbonyl (C=O) groups is 1. The van der Waals surface area contributed by atoms with Crippen LogP contribution in [0.5, 0.6) is 0 Å². The van der Waals surface area contributed by atoms with E-state index in [2.05, 4.69) is 4.98 Å². The smallest absolute Gasteiger partial charge is 0.333 e. The van der Waals surface area contributed by atoms with E-state index in [1.807, 2.05) is 54.6 Å². The van der Waals surface area contributed by atoms with Crippen LogP contribution in [0.2, 0.25) is 0 Å². The molecule has 0 unspecified atom stereocenters. The van der Waals surface area contributed by atoms with Crippen molar-refractivity contribution in [3.63, 3.8) is 0 Å². The van der Waals surface area contributed by atoms with E-state index in [4.69, 9.17) is 14.9 Å². The van der Waals surface area contributed by atoms with Crippen LogP contribution in [0.3, 0.4) is 0 Å². The number of benzene rings is 2. The fourth-order valence-electron chi connectivity index (χ4n) is 2.74. The predicted molar refractivity (Wildman–Crippen MR) is 99.9 cm³/mol. The Labute approximate surface area is 149 Å². The van der Waals surface area contributed by atoms with Crippen molar-refractivity contribution in [2.24, 2.45) is 5.73 Å². The van der Waals surface area contributed by atoms with Gasteiger partial charge in [0, 0.05) is 17.0 Å². The van der Waals surface area contributed by atoms with E-state index in [0.717, 1.165) is 21.9 Å². The zero-order valence-corrected chi connectivity index (χ0v) is 13.9. The fourth-order valence-corrected chi connectivity index (χ4v) is 2.74. The SMILES string of the molecule is N/C(=C\C(=O)OCc1ccccc1)c1cc2cnc3ccccc3c2o1. The third-order valence-electron chi connectivity index (χ3n) is 4.03. The Morgan fingerprint density at radius 3 is 2.73 bits per heavy atom. The molecule has 4 aromatic rings. The Bertz CT molecular complexity index is 1110. The highest BCUT2D eigenvalue weighted by atomic mass is 16.5. The van der Waals surface area contributed by atoms with Gasteiger partial charge in [0.1, 0.15) is 12.2 Å². The minimum atomic E-state index is -0.519. The van der Waals surface area contributed by atoms with Crippen LogP contribution in [0.25, 0.3) is 27.6 Å². The molecule has 0 atom stereocenters. The molecule has 0 aliphatic carbocycles. The number of hydrogen-bond donors (Lipinski definition) is 1. The molecule has 0 spiro atoms. The zero-order valence-electron chi connectivity index (χ0n) is 13.9. The molecule has 0 saturated carbocycles. The van der Waals surface area contributed by atoms with Crippen LogP contribution in [0.15, 0.2) is 77.4 Å². The van der Waals surface area contributed by atoms with E-state index in [0.29, 0.717) is 11.3 Å². The van der Waals surface area contributed by atoms with Crippen molar-refractivity contribution < 1.29 is 13.9 Å². The monoisotopic (exact) mass is 344 g/mol. The molecule has 5 heteroatoms. The van der Waals surface area contributed by atoms with Crippen molar-refractivity contribution in [2.45, 2.75) is 6.61 Å². The summed E-state index contributed by atoms with van der Waals surface area (Å²) in [6, 6.07) is 18.9. The lowest BCUT2D eigenvalue weighted by molar-refractivity contribution is -0.138. The van der Waals surface area contributed by atoms with E-state index < -0.39 is 5.97 Å². The number of aromatic nitrogens is 1. The molecular formula is C21H16N2O3. The lowest BCUT2D eigenvalue weighted by Gasteiger charge is -2.02. The first-order valence-electron chi connectivity index (χ1n) is 8.16. The van der Waals surface area contributed by atoms with Crippen LogP contribution in [-0.4, -0.2) is 11.0 Å². The number of nitrogens with two attached hydrogens (primary N) is 1. The topological polar surface area (TPSA) is 78.4 Å². The van der Waals surface area contributed by atoms with E-state index >= 15 is 0 Å². The lowest BCUT2D eigenvalue weighted by Crippen LogP contribution is -2.05. The Kier molecular flexibility index (Phi) is 4.11. The number of hydrogen-bond acceptors (Lipinski definition) is 5. The van der Waals surface area contributed by atoms with Gasteiger partial charge in [-0.05, 0) is 23.8 Å². The number of rotatable bonds is 4. The molecule has 0 aliphatic heterocycles. The lowest BCUT2D eigenvalue weighted by atomic mass is 10.2. The molecule has 2 aromatic heterocycles. The van der Waals surface area contributed by atoms with Crippen molar-refractivity contribution in [1.82, 2.24) is 4.98 Å². The molecule has 0 saturated heterocycles. The number of fused-ring (bicyclic) bond motifs is 3. The average molecular weight is 344 g/mol. The first kappa shape index (κ1) is 15.9. The minimum absolute atomic E-state index is 0.193. The van der Waals surface area contributed by atoms with Gasteiger partial charge in [0.05, 0.1) is 17.3 Å². The second kappa shape index (κ2) is 6.72. The molecule has 0 amide bonds. The summed E-state index contributed by atoms with van der Waals surface area (Å²) < 4.78 is 11.1. The molecule has 2 N–H and O–H groups in total. The molecule has 5 nitrogen and oxygen atoms in total. The maximum absolute atomic E-state index is 12.0. The number of ether oxygens (including phenoxy) is 1. The van der Waals surface area contributed by atoms with Gasteiger partial charge in [-0.15, -0.1) is 0 Å². The molecule has 2 heterocycles. The van der Waals surface area contributed by atoms with Gasteiger partial charge in [-0.1, -0.05) is 42.5 Å². The van der Waals surface area contributed by atoms with Crippen LogP contribution in [0, 0.1) is 0 Å². The molecule has 128 valence electrons. The number of nitrogens with zero attached hydrogens (tertiary/aromatic N) is 1. The maximum Gasteiger partial charge on any atom is 0.333 e. The Hall–Kier alpha value is -3.60. The predicted octanol–water partition coefficient (Wildman–Crippen LogP) is 4.02. The van der Waals surface area contributed by atoms with E-state index in [1.165, 1.54) is 6.08 Å². The van der Waals surface area contributed by atoms with Gasteiger partial charge in [-0.2, -0.15) is 0 Å². The van der Waals surface area contributed by atoms with Crippen molar-refractivity contribution >= 4 is 33.5 Å². The Morgan fingerprint density at radius 2 is 1.88 bits per heavy atom. The quantitative estimate of drug-likeness (QED) is 0.447. The first-order chi connectivity index (χ1) is 12.7. The number of carbonyl (C=O) groups excluding carboxylic acids is 1. The van der Waals surface area contributed by atoms with Crippen molar-refractivity contribution in [1.29, 1.82) is 0 Å². The molecule has 0 bridgehead atoms.